The van der Waals surface area contributed by atoms with Gasteiger partial charge in [0.2, 0.25) is 5.88 Å². The minimum atomic E-state index is -1.05. The number of hydrogen-bond donors (Lipinski definition) is 1. The Bertz CT molecular complexity index is 1530. The van der Waals surface area contributed by atoms with Crippen molar-refractivity contribution >= 4 is 40.3 Å². The molecule has 0 radical (unpaired) electrons. The molecule has 0 spiro atoms. The van der Waals surface area contributed by atoms with Gasteiger partial charge in [0, 0.05) is 48.4 Å². The molecule has 1 aromatic carbocycles. The second kappa shape index (κ2) is 11.7. The van der Waals surface area contributed by atoms with Gasteiger partial charge in [0.15, 0.2) is 11.3 Å². The van der Waals surface area contributed by atoms with E-state index in [4.69, 9.17) is 37.7 Å². The Hall–Kier alpha value is -3.31. The van der Waals surface area contributed by atoms with Crippen LogP contribution in [-0.4, -0.2) is 72.4 Å². The Labute approximate surface area is 240 Å². The second-order valence-electron chi connectivity index (χ2n) is 10.1. The van der Waals surface area contributed by atoms with E-state index in [1.165, 1.54) is 6.07 Å². The molecule has 1 unspecified atom stereocenters. The van der Waals surface area contributed by atoms with Gasteiger partial charge in [-0.1, -0.05) is 29.3 Å². The fourth-order valence-electron chi connectivity index (χ4n) is 5.03. The van der Waals surface area contributed by atoms with E-state index in [0.29, 0.717) is 52.4 Å². The van der Waals surface area contributed by atoms with Gasteiger partial charge in [-0.3, -0.25) is 4.90 Å². The van der Waals surface area contributed by atoms with Crippen molar-refractivity contribution in [1.29, 1.82) is 0 Å². The zero-order valence-electron chi connectivity index (χ0n) is 21.7. The summed E-state index contributed by atoms with van der Waals surface area (Å²) < 4.78 is 13.9. The summed E-state index contributed by atoms with van der Waals surface area (Å²) in [6, 6.07) is 10.4. The number of imidazole rings is 1. The molecule has 3 aromatic heterocycles. The molecule has 1 N–H and O–H groups in total. The molecule has 2 fully saturated rings. The maximum atomic E-state index is 11.5. The number of rotatable bonds is 9. The fourth-order valence-corrected chi connectivity index (χ4v) is 5.51. The quantitative estimate of drug-likeness (QED) is 0.301. The number of likely N-dealkylation sites (tertiary alicyclic amines) is 1. The average molecular weight is 583 g/mol. The molecule has 0 saturated carbocycles. The van der Waals surface area contributed by atoms with Gasteiger partial charge in [-0.15, -0.1) is 0 Å². The van der Waals surface area contributed by atoms with Crippen LogP contribution < -0.4 is 4.74 Å². The molecular weight excluding hydrogens is 555 g/mol. The Morgan fingerprint density at radius 3 is 2.62 bits per heavy atom. The number of nitrogens with zero attached hydrogens (tertiary/aromatic N) is 6. The van der Waals surface area contributed by atoms with Crippen molar-refractivity contribution in [2.45, 2.75) is 51.0 Å². The van der Waals surface area contributed by atoms with Gasteiger partial charge in [0.05, 0.1) is 19.2 Å². The van der Waals surface area contributed by atoms with Crippen LogP contribution in [0.4, 0.5) is 0 Å². The number of aromatic nitrogens is 5. The molecular formula is C28H28Cl2N6O4. The molecule has 4 aromatic rings. The molecule has 5 heterocycles. The molecule has 2 aliphatic rings. The molecule has 0 amide bonds. The highest BCUT2D eigenvalue weighted by atomic mass is 35.5. The fraction of sp³-hybridized carbons (Fsp3) is 0.393. The van der Waals surface area contributed by atoms with E-state index in [0.717, 1.165) is 50.3 Å². The summed E-state index contributed by atoms with van der Waals surface area (Å²) in [6.07, 6.45) is 4.99. The number of ether oxygens (including phenoxy) is 2. The van der Waals surface area contributed by atoms with E-state index in [-0.39, 0.29) is 17.9 Å². The second-order valence-corrected chi connectivity index (χ2v) is 10.9. The molecule has 1 atom stereocenters. The molecule has 208 valence electrons. The van der Waals surface area contributed by atoms with Crippen LogP contribution in [0.5, 0.6) is 5.88 Å². The first-order chi connectivity index (χ1) is 19.4. The minimum absolute atomic E-state index is 0.0110. The number of benzene rings is 1. The number of carboxylic acids is 1. The predicted octanol–water partition coefficient (Wildman–Crippen LogP) is 4.65. The standard InChI is InChI=1S/C28H28Cl2N6O4/c29-18-2-1-17(21(30)14-18)13-24-31-9-5-26(34-24)40-19-6-10-35(11-7-19)16-25-32-22-3-4-23(28(37)38)33-27(22)36(25)15-20-8-12-39-20/h1-5,9,14,19-20H,6-8,10-13,15-16H2,(H,37,38). The lowest BCUT2D eigenvalue weighted by atomic mass is 10.1. The summed E-state index contributed by atoms with van der Waals surface area (Å²) in [5.74, 6) is 0.994. The lowest BCUT2D eigenvalue weighted by Crippen LogP contribution is -2.39. The van der Waals surface area contributed by atoms with E-state index in [1.54, 1.807) is 30.5 Å². The summed E-state index contributed by atoms with van der Waals surface area (Å²) in [7, 11) is 0. The number of halogens is 2. The van der Waals surface area contributed by atoms with Crippen molar-refractivity contribution in [2.24, 2.45) is 0 Å². The van der Waals surface area contributed by atoms with Gasteiger partial charge in [-0.25, -0.2) is 19.7 Å². The van der Waals surface area contributed by atoms with Crippen LogP contribution in [-0.2, 0) is 24.2 Å². The highest BCUT2D eigenvalue weighted by Crippen LogP contribution is 2.25. The highest BCUT2D eigenvalue weighted by Gasteiger charge is 2.26. The topological polar surface area (TPSA) is 115 Å². The largest absolute Gasteiger partial charge is 0.477 e. The van der Waals surface area contributed by atoms with E-state index in [9.17, 15) is 9.90 Å². The van der Waals surface area contributed by atoms with Crippen LogP contribution in [0.2, 0.25) is 10.0 Å². The van der Waals surface area contributed by atoms with Gasteiger partial charge in [0.1, 0.15) is 23.3 Å². The Morgan fingerprint density at radius 1 is 1.07 bits per heavy atom. The number of carbonyl (C=O) groups is 1. The summed E-state index contributed by atoms with van der Waals surface area (Å²) in [6.45, 7) is 3.66. The Balaban J connectivity index is 1.09. The SMILES string of the molecule is O=C(O)c1ccc2nc(CN3CCC(Oc4ccnc(Cc5ccc(Cl)cc5Cl)n4)CC3)n(CC3CCO3)c2n1. The van der Waals surface area contributed by atoms with E-state index in [1.807, 2.05) is 10.6 Å². The Kier molecular flexibility index (Phi) is 7.84. The van der Waals surface area contributed by atoms with Crippen molar-refractivity contribution in [3.8, 4) is 5.88 Å². The maximum Gasteiger partial charge on any atom is 0.354 e. The maximum absolute atomic E-state index is 11.5. The van der Waals surface area contributed by atoms with E-state index < -0.39 is 5.97 Å². The number of piperidine rings is 1. The molecule has 40 heavy (non-hydrogen) atoms. The van der Waals surface area contributed by atoms with Crippen molar-refractivity contribution in [3.63, 3.8) is 0 Å². The third kappa shape index (κ3) is 6.05. The van der Waals surface area contributed by atoms with Crippen LogP contribution in [0.25, 0.3) is 11.2 Å². The van der Waals surface area contributed by atoms with Crippen molar-refractivity contribution in [3.05, 3.63) is 75.5 Å². The molecule has 0 bridgehead atoms. The van der Waals surface area contributed by atoms with Crippen LogP contribution in [0.1, 0.15) is 47.0 Å². The third-order valence-electron chi connectivity index (χ3n) is 7.30. The van der Waals surface area contributed by atoms with E-state index >= 15 is 0 Å². The van der Waals surface area contributed by atoms with Crippen molar-refractivity contribution in [1.82, 2.24) is 29.4 Å². The van der Waals surface area contributed by atoms with Crippen LogP contribution in [0.15, 0.2) is 42.6 Å². The minimum Gasteiger partial charge on any atom is -0.477 e. The van der Waals surface area contributed by atoms with Gasteiger partial charge in [-0.05, 0) is 49.1 Å². The molecule has 10 nitrogen and oxygen atoms in total. The smallest absolute Gasteiger partial charge is 0.354 e. The molecule has 2 aliphatic heterocycles. The summed E-state index contributed by atoms with van der Waals surface area (Å²) in [5, 5.41) is 10.6. The summed E-state index contributed by atoms with van der Waals surface area (Å²) >= 11 is 12.3. The number of carboxylic acid groups (broad SMARTS) is 1. The molecule has 12 heteroatoms. The van der Waals surface area contributed by atoms with Gasteiger partial charge in [0.25, 0.3) is 0 Å². The average Bonchev–Trinajstić information content (AvgIpc) is 3.25. The number of hydrogen-bond acceptors (Lipinski definition) is 8. The Morgan fingerprint density at radius 2 is 1.90 bits per heavy atom. The monoisotopic (exact) mass is 582 g/mol. The summed E-state index contributed by atoms with van der Waals surface area (Å²) in [5.41, 5.74) is 2.19. The first-order valence-corrected chi connectivity index (χ1v) is 14.0. The van der Waals surface area contributed by atoms with E-state index in [2.05, 4.69) is 19.9 Å². The predicted molar refractivity (Wildman–Crippen MR) is 149 cm³/mol. The van der Waals surface area contributed by atoms with Crippen LogP contribution in [0, 0.1) is 0 Å². The third-order valence-corrected chi connectivity index (χ3v) is 7.89. The number of pyridine rings is 1. The molecule has 2 saturated heterocycles. The first-order valence-electron chi connectivity index (χ1n) is 13.3. The van der Waals surface area contributed by atoms with Gasteiger partial charge < -0.3 is 19.1 Å². The number of aromatic carboxylic acids is 1. The lowest BCUT2D eigenvalue weighted by molar-refractivity contribution is -0.0593. The van der Waals surface area contributed by atoms with Crippen molar-refractivity contribution < 1.29 is 19.4 Å². The lowest BCUT2D eigenvalue weighted by Gasteiger charge is -2.32. The van der Waals surface area contributed by atoms with Crippen LogP contribution in [0.3, 0.4) is 0 Å². The van der Waals surface area contributed by atoms with Crippen molar-refractivity contribution in [2.75, 3.05) is 19.7 Å². The summed E-state index contributed by atoms with van der Waals surface area (Å²) in [4.78, 5) is 32.0. The van der Waals surface area contributed by atoms with Gasteiger partial charge in [-0.2, -0.15) is 4.98 Å². The zero-order chi connectivity index (χ0) is 27.6. The first kappa shape index (κ1) is 26.9. The molecule has 0 aliphatic carbocycles. The number of fused-ring (bicyclic) bond motifs is 1. The normalized spacial score (nSPS) is 18.1. The zero-order valence-corrected chi connectivity index (χ0v) is 23.2. The van der Waals surface area contributed by atoms with Crippen LogP contribution >= 0.6 is 23.2 Å². The molecule has 6 rings (SSSR count). The highest BCUT2D eigenvalue weighted by molar-refractivity contribution is 6.35. The van der Waals surface area contributed by atoms with Gasteiger partial charge >= 0.3 is 5.97 Å².